The number of amides is 1. The third-order valence-electron chi connectivity index (χ3n) is 4.83. The minimum absolute atomic E-state index is 0.0235. The van der Waals surface area contributed by atoms with Crippen molar-refractivity contribution in [2.45, 2.75) is 20.8 Å². The Bertz CT molecular complexity index is 1230. The molecule has 0 saturated heterocycles. The number of carbonyl (C=O) groups excluding carboxylic acids is 2. The fourth-order valence-corrected chi connectivity index (χ4v) is 3.26. The normalized spacial score (nSPS) is 10.8. The Kier molecular flexibility index (Phi) is 7.75. The predicted octanol–water partition coefficient (Wildman–Crippen LogP) is 3.99. The number of ether oxygens (including phenoxy) is 2. The van der Waals surface area contributed by atoms with Gasteiger partial charge in [0, 0.05) is 17.3 Å². The minimum atomic E-state index is -0.734. The Balaban J connectivity index is 1.61. The highest BCUT2D eigenvalue weighted by Gasteiger charge is 2.18. The van der Waals surface area contributed by atoms with Gasteiger partial charge in [-0.2, -0.15) is 5.10 Å². The topological polar surface area (TPSA) is 126 Å². The Labute approximate surface area is 196 Å². The highest BCUT2D eigenvalue weighted by molar-refractivity contribution is 5.96. The number of benzene rings is 2. The Morgan fingerprint density at radius 2 is 1.91 bits per heavy atom. The number of nitrogens with zero attached hydrogens (tertiary/aromatic N) is 3. The van der Waals surface area contributed by atoms with Crippen molar-refractivity contribution in [2.24, 2.45) is 0 Å². The number of nitro benzene ring substituents is 1. The van der Waals surface area contributed by atoms with E-state index >= 15 is 0 Å². The second-order valence-corrected chi connectivity index (χ2v) is 7.19. The summed E-state index contributed by atoms with van der Waals surface area (Å²) in [7, 11) is 0. The number of nitrogens with one attached hydrogen (secondary N) is 1. The number of rotatable bonds is 9. The van der Waals surface area contributed by atoms with Crippen molar-refractivity contribution in [2.75, 3.05) is 18.5 Å². The number of aromatic nitrogens is 2. The van der Waals surface area contributed by atoms with E-state index in [-0.39, 0.29) is 11.4 Å². The molecule has 176 valence electrons. The van der Waals surface area contributed by atoms with E-state index in [9.17, 15) is 19.7 Å². The molecule has 1 heterocycles. The van der Waals surface area contributed by atoms with Crippen LogP contribution in [0.15, 0.2) is 54.6 Å². The van der Waals surface area contributed by atoms with Crippen molar-refractivity contribution in [1.29, 1.82) is 0 Å². The first-order valence-corrected chi connectivity index (χ1v) is 10.5. The van der Waals surface area contributed by atoms with Crippen LogP contribution in [0.5, 0.6) is 5.75 Å². The maximum Gasteiger partial charge on any atom is 0.331 e. The summed E-state index contributed by atoms with van der Waals surface area (Å²) in [5, 5.41) is 18.2. The molecule has 3 rings (SSSR count). The summed E-state index contributed by atoms with van der Waals surface area (Å²) in [5.41, 5.74) is 2.87. The van der Waals surface area contributed by atoms with Crippen LogP contribution in [0.4, 0.5) is 11.4 Å². The number of hydrogen-bond acceptors (Lipinski definition) is 7. The van der Waals surface area contributed by atoms with Gasteiger partial charge in [0.25, 0.3) is 11.6 Å². The zero-order valence-electron chi connectivity index (χ0n) is 19.0. The van der Waals surface area contributed by atoms with Crippen molar-refractivity contribution in [3.8, 4) is 11.4 Å². The maximum absolute atomic E-state index is 12.2. The van der Waals surface area contributed by atoms with Gasteiger partial charge in [-0.05, 0) is 51.1 Å². The van der Waals surface area contributed by atoms with Gasteiger partial charge in [0.05, 0.1) is 29.0 Å². The Morgan fingerprint density at radius 3 is 2.59 bits per heavy atom. The summed E-state index contributed by atoms with van der Waals surface area (Å²) in [5.74, 6) is -1.13. The van der Waals surface area contributed by atoms with Crippen molar-refractivity contribution >= 4 is 29.3 Å². The van der Waals surface area contributed by atoms with Gasteiger partial charge >= 0.3 is 5.97 Å². The van der Waals surface area contributed by atoms with Gasteiger partial charge in [-0.15, -0.1) is 0 Å². The summed E-state index contributed by atoms with van der Waals surface area (Å²) >= 11 is 0. The zero-order valence-corrected chi connectivity index (χ0v) is 19.0. The molecule has 0 saturated carbocycles. The van der Waals surface area contributed by atoms with E-state index in [1.165, 1.54) is 24.3 Å². The molecule has 0 bridgehead atoms. The summed E-state index contributed by atoms with van der Waals surface area (Å²) in [6, 6.07) is 13.7. The van der Waals surface area contributed by atoms with Crippen molar-refractivity contribution < 1.29 is 24.0 Å². The number of nitro groups is 1. The third-order valence-corrected chi connectivity index (χ3v) is 4.83. The largest absolute Gasteiger partial charge is 0.494 e. The SMILES string of the molecule is CCOc1ccc(NC(=O)COC(=O)/C=C/c2c(C)nn(-c3ccccc3)c2C)c([N+](=O)[O-])c1. The number of carbonyl (C=O) groups is 2. The summed E-state index contributed by atoms with van der Waals surface area (Å²) in [6.45, 7) is 5.21. The minimum Gasteiger partial charge on any atom is -0.494 e. The average Bonchev–Trinajstić information content (AvgIpc) is 3.11. The van der Waals surface area contributed by atoms with E-state index in [4.69, 9.17) is 9.47 Å². The van der Waals surface area contributed by atoms with E-state index in [0.717, 1.165) is 22.6 Å². The standard InChI is InChI=1S/C24H24N4O6/c1-4-33-19-10-12-21(22(14-19)28(31)32)25-23(29)15-34-24(30)13-11-20-16(2)26-27(17(20)3)18-8-6-5-7-9-18/h5-14H,4,15H2,1-3H3,(H,25,29)/b13-11+. The van der Waals surface area contributed by atoms with Gasteiger partial charge in [0.2, 0.25) is 0 Å². The van der Waals surface area contributed by atoms with Crippen LogP contribution in [-0.4, -0.2) is 39.8 Å². The maximum atomic E-state index is 12.2. The van der Waals surface area contributed by atoms with E-state index < -0.39 is 23.4 Å². The van der Waals surface area contributed by atoms with Gasteiger partial charge in [0.15, 0.2) is 6.61 Å². The summed E-state index contributed by atoms with van der Waals surface area (Å²) < 4.78 is 12.0. The van der Waals surface area contributed by atoms with Gasteiger partial charge in [-0.3, -0.25) is 14.9 Å². The molecule has 0 unspecified atom stereocenters. The number of hydrogen-bond donors (Lipinski definition) is 1. The molecule has 10 nitrogen and oxygen atoms in total. The fraction of sp³-hybridized carbons (Fsp3) is 0.208. The number of para-hydroxylation sites is 1. The molecule has 10 heteroatoms. The number of aryl methyl sites for hydroxylation is 1. The van der Waals surface area contributed by atoms with Crippen LogP contribution in [-0.2, 0) is 14.3 Å². The highest BCUT2D eigenvalue weighted by atomic mass is 16.6. The van der Waals surface area contributed by atoms with Crippen LogP contribution in [0.25, 0.3) is 11.8 Å². The molecule has 0 spiro atoms. The molecule has 1 N–H and O–H groups in total. The van der Waals surface area contributed by atoms with E-state index in [1.807, 2.05) is 44.2 Å². The Morgan fingerprint density at radius 1 is 1.18 bits per heavy atom. The second-order valence-electron chi connectivity index (χ2n) is 7.19. The first kappa shape index (κ1) is 24.2. The van der Waals surface area contributed by atoms with Crippen LogP contribution in [0.3, 0.4) is 0 Å². The molecule has 0 atom stereocenters. The van der Waals surface area contributed by atoms with Gasteiger partial charge in [-0.1, -0.05) is 18.2 Å². The van der Waals surface area contributed by atoms with E-state index in [0.29, 0.717) is 12.4 Å². The highest BCUT2D eigenvalue weighted by Crippen LogP contribution is 2.29. The lowest BCUT2D eigenvalue weighted by Crippen LogP contribution is -2.20. The Hall–Kier alpha value is -4.47. The van der Waals surface area contributed by atoms with Crippen molar-refractivity contribution in [3.63, 3.8) is 0 Å². The molecule has 0 fully saturated rings. The number of anilines is 1. The molecule has 3 aromatic rings. The van der Waals surface area contributed by atoms with Gasteiger partial charge in [0.1, 0.15) is 11.4 Å². The molecule has 0 aliphatic carbocycles. The molecule has 2 aromatic carbocycles. The van der Waals surface area contributed by atoms with Crippen LogP contribution < -0.4 is 10.1 Å². The van der Waals surface area contributed by atoms with Gasteiger partial charge < -0.3 is 14.8 Å². The second kappa shape index (κ2) is 10.9. The molecule has 34 heavy (non-hydrogen) atoms. The quantitative estimate of drug-likeness (QED) is 0.220. The molecular formula is C24H24N4O6. The smallest absolute Gasteiger partial charge is 0.331 e. The molecule has 0 aliphatic heterocycles. The first-order valence-electron chi connectivity index (χ1n) is 10.5. The lowest BCUT2D eigenvalue weighted by molar-refractivity contribution is -0.384. The molecule has 0 radical (unpaired) electrons. The van der Waals surface area contributed by atoms with Crippen molar-refractivity contribution in [3.05, 3.63) is 81.7 Å². The zero-order chi connectivity index (χ0) is 24.7. The fourth-order valence-electron chi connectivity index (χ4n) is 3.26. The van der Waals surface area contributed by atoms with Gasteiger partial charge in [-0.25, -0.2) is 9.48 Å². The molecular weight excluding hydrogens is 440 g/mol. The van der Waals surface area contributed by atoms with Crippen LogP contribution in [0, 0.1) is 24.0 Å². The molecule has 0 aliphatic rings. The summed E-state index contributed by atoms with van der Waals surface area (Å²) in [6.07, 6.45) is 2.79. The first-order chi connectivity index (χ1) is 16.3. The van der Waals surface area contributed by atoms with Crippen LogP contribution in [0.2, 0.25) is 0 Å². The number of esters is 1. The molecule has 1 amide bonds. The predicted molar refractivity (Wildman–Crippen MR) is 126 cm³/mol. The monoisotopic (exact) mass is 464 g/mol. The van der Waals surface area contributed by atoms with E-state index in [1.54, 1.807) is 17.7 Å². The van der Waals surface area contributed by atoms with Crippen molar-refractivity contribution in [1.82, 2.24) is 9.78 Å². The third kappa shape index (κ3) is 5.85. The summed E-state index contributed by atoms with van der Waals surface area (Å²) in [4.78, 5) is 34.9. The average molecular weight is 464 g/mol. The molecule has 1 aromatic heterocycles. The van der Waals surface area contributed by atoms with E-state index in [2.05, 4.69) is 10.4 Å². The lowest BCUT2D eigenvalue weighted by atomic mass is 10.2. The lowest BCUT2D eigenvalue weighted by Gasteiger charge is -2.08. The van der Waals surface area contributed by atoms with Crippen LogP contribution >= 0.6 is 0 Å². The van der Waals surface area contributed by atoms with Crippen LogP contribution in [0.1, 0.15) is 23.9 Å².